The van der Waals surface area contributed by atoms with Gasteiger partial charge >= 0.3 is 0 Å². The van der Waals surface area contributed by atoms with E-state index >= 15 is 0 Å². The summed E-state index contributed by atoms with van der Waals surface area (Å²) in [7, 11) is 1.39. The van der Waals surface area contributed by atoms with Crippen LogP contribution in [-0.4, -0.2) is 24.9 Å². The van der Waals surface area contributed by atoms with E-state index in [4.69, 9.17) is 4.74 Å². The first kappa shape index (κ1) is 15.3. The Labute approximate surface area is 127 Å². The van der Waals surface area contributed by atoms with Crippen LogP contribution in [0.2, 0.25) is 0 Å². The van der Waals surface area contributed by atoms with Crippen LogP contribution in [0.4, 0.5) is 4.39 Å². The number of halogens is 2. The zero-order valence-corrected chi connectivity index (χ0v) is 13.1. The van der Waals surface area contributed by atoms with Crippen molar-refractivity contribution < 1.29 is 13.9 Å². The van der Waals surface area contributed by atoms with Gasteiger partial charge in [-0.2, -0.15) is 0 Å². The number of benzene rings is 1. The smallest absolute Gasteiger partial charge is 0.251 e. The largest absolute Gasteiger partial charge is 0.494 e. The molecule has 2 unspecified atom stereocenters. The predicted octanol–water partition coefficient (Wildman–Crippen LogP) is 3.38. The first-order valence-corrected chi connectivity index (χ1v) is 7.95. The molecule has 1 fully saturated rings. The Bertz CT molecular complexity index is 481. The van der Waals surface area contributed by atoms with Crippen LogP contribution in [0.5, 0.6) is 5.75 Å². The highest BCUT2D eigenvalue weighted by Crippen LogP contribution is 2.32. The maximum absolute atomic E-state index is 13.3. The first-order valence-electron chi connectivity index (χ1n) is 6.83. The highest BCUT2D eigenvalue weighted by Gasteiger charge is 2.26. The lowest BCUT2D eigenvalue weighted by atomic mass is 9.98. The standard InChI is InChI=1S/C15H19BrFNO2/c1-20-14-7-10(5-6-13(14)17)15(19)18-9-12-4-2-3-11(12)8-16/h5-7,11-12H,2-4,8-9H2,1H3,(H,18,19). The van der Waals surface area contributed by atoms with Crippen molar-refractivity contribution in [2.75, 3.05) is 19.0 Å². The molecule has 0 bridgehead atoms. The fourth-order valence-corrected chi connectivity index (χ4v) is 3.56. The number of hydrogen-bond acceptors (Lipinski definition) is 2. The molecule has 1 aromatic rings. The van der Waals surface area contributed by atoms with Crippen LogP contribution in [0.15, 0.2) is 18.2 Å². The van der Waals surface area contributed by atoms with Gasteiger partial charge < -0.3 is 10.1 Å². The van der Waals surface area contributed by atoms with Crippen molar-refractivity contribution in [3.05, 3.63) is 29.6 Å². The molecule has 0 aliphatic heterocycles. The second-order valence-electron chi connectivity index (χ2n) is 5.16. The molecule has 2 atom stereocenters. The summed E-state index contributed by atoms with van der Waals surface area (Å²) in [5.74, 6) is 0.623. The first-order chi connectivity index (χ1) is 9.65. The van der Waals surface area contributed by atoms with E-state index < -0.39 is 5.82 Å². The zero-order valence-electron chi connectivity index (χ0n) is 11.5. The van der Waals surface area contributed by atoms with Gasteiger partial charge in [0.25, 0.3) is 5.91 Å². The summed E-state index contributed by atoms with van der Waals surface area (Å²) in [5, 5.41) is 3.92. The summed E-state index contributed by atoms with van der Waals surface area (Å²) in [6.45, 7) is 0.675. The Balaban J connectivity index is 1.95. The Hall–Kier alpha value is -1.10. The molecular formula is C15H19BrFNO2. The molecule has 0 aromatic heterocycles. The van der Waals surface area contributed by atoms with Crippen LogP contribution in [-0.2, 0) is 0 Å². The molecule has 3 nitrogen and oxygen atoms in total. The Morgan fingerprint density at radius 1 is 1.45 bits per heavy atom. The predicted molar refractivity (Wildman–Crippen MR) is 79.9 cm³/mol. The maximum atomic E-state index is 13.3. The number of amides is 1. The minimum atomic E-state index is -0.459. The van der Waals surface area contributed by atoms with Gasteiger partial charge in [-0.1, -0.05) is 22.4 Å². The van der Waals surface area contributed by atoms with Gasteiger partial charge in [0.05, 0.1) is 7.11 Å². The Morgan fingerprint density at radius 3 is 2.90 bits per heavy atom. The molecule has 1 N–H and O–H groups in total. The highest BCUT2D eigenvalue weighted by atomic mass is 79.9. The lowest BCUT2D eigenvalue weighted by molar-refractivity contribution is 0.0944. The fraction of sp³-hybridized carbons (Fsp3) is 0.533. The minimum Gasteiger partial charge on any atom is -0.494 e. The second kappa shape index (κ2) is 7.07. The number of hydrogen-bond donors (Lipinski definition) is 1. The van der Waals surface area contributed by atoms with E-state index in [2.05, 4.69) is 21.2 Å². The second-order valence-corrected chi connectivity index (χ2v) is 5.81. The average Bonchev–Trinajstić information content (AvgIpc) is 2.92. The lowest BCUT2D eigenvalue weighted by Crippen LogP contribution is -2.31. The van der Waals surface area contributed by atoms with Crippen LogP contribution in [0.3, 0.4) is 0 Å². The minimum absolute atomic E-state index is 0.0943. The van der Waals surface area contributed by atoms with Crippen molar-refractivity contribution in [3.63, 3.8) is 0 Å². The van der Waals surface area contributed by atoms with Crippen molar-refractivity contribution in [1.29, 1.82) is 0 Å². The van der Waals surface area contributed by atoms with Gasteiger partial charge in [-0.25, -0.2) is 4.39 Å². The number of rotatable bonds is 5. The molecule has 5 heteroatoms. The maximum Gasteiger partial charge on any atom is 0.251 e. The quantitative estimate of drug-likeness (QED) is 0.832. The van der Waals surface area contributed by atoms with Crippen molar-refractivity contribution >= 4 is 21.8 Å². The molecule has 20 heavy (non-hydrogen) atoms. The fourth-order valence-electron chi connectivity index (χ4n) is 2.71. The van der Waals surface area contributed by atoms with Crippen LogP contribution < -0.4 is 10.1 Å². The number of nitrogens with one attached hydrogen (secondary N) is 1. The monoisotopic (exact) mass is 343 g/mol. The third kappa shape index (κ3) is 3.51. The summed E-state index contributed by atoms with van der Waals surface area (Å²) < 4.78 is 18.2. The summed E-state index contributed by atoms with van der Waals surface area (Å²) >= 11 is 3.52. The van der Waals surface area contributed by atoms with E-state index in [9.17, 15) is 9.18 Å². The van der Waals surface area contributed by atoms with E-state index in [1.54, 1.807) is 0 Å². The third-order valence-electron chi connectivity index (χ3n) is 3.95. The molecular weight excluding hydrogens is 325 g/mol. The van der Waals surface area contributed by atoms with Gasteiger partial charge in [-0.05, 0) is 42.9 Å². The summed E-state index contributed by atoms with van der Waals surface area (Å²) in [5.41, 5.74) is 0.427. The molecule has 1 aromatic carbocycles. The van der Waals surface area contributed by atoms with Crippen molar-refractivity contribution in [2.24, 2.45) is 11.8 Å². The van der Waals surface area contributed by atoms with Crippen LogP contribution in [0.1, 0.15) is 29.6 Å². The van der Waals surface area contributed by atoms with Crippen LogP contribution >= 0.6 is 15.9 Å². The summed E-state index contributed by atoms with van der Waals surface area (Å²) in [6, 6.07) is 4.16. The van der Waals surface area contributed by atoms with E-state index in [1.807, 2.05) is 0 Å². The van der Waals surface area contributed by atoms with Crippen LogP contribution in [0.25, 0.3) is 0 Å². The van der Waals surface area contributed by atoms with Gasteiger partial charge in [0, 0.05) is 17.4 Å². The van der Waals surface area contributed by atoms with Crippen molar-refractivity contribution in [3.8, 4) is 5.75 Å². The normalized spacial score (nSPS) is 21.8. The lowest BCUT2D eigenvalue weighted by Gasteiger charge is -2.17. The topological polar surface area (TPSA) is 38.3 Å². The van der Waals surface area contributed by atoms with Crippen LogP contribution in [0, 0.1) is 17.7 Å². The van der Waals surface area contributed by atoms with Gasteiger partial charge in [0.2, 0.25) is 0 Å². The number of carbonyl (C=O) groups excluding carboxylic acids is 1. The summed E-state index contributed by atoms with van der Waals surface area (Å²) in [6.07, 6.45) is 3.60. The number of carbonyl (C=O) groups is 1. The molecule has 0 radical (unpaired) electrons. The van der Waals surface area contributed by atoms with Gasteiger partial charge in [-0.15, -0.1) is 0 Å². The average molecular weight is 344 g/mol. The van der Waals surface area contributed by atoms with E-state index in [-0.39, 0.29) is 11.7 Å². The van der Waals surface area contributed by atoms with Crippen molar-refractivity contribution in [1.82, 2.24) is 5.32 Å². The Kier molecular flexibility index (Phi) is 5.40. The molecule has 110 valence electrons. The molecule has 1 saturated carbocycles. The van der Waals surface area contributed by atoms with E-state index in [1.165, 1.54) is 38.2 Å². The van der Waals surface area contributed by atoms with E-state index in [0.717, 1.165) is 11.8 Å². The van der Waals surface area contributed by atoms with Gasteiger partial charge in [0.15, 0.2) is 11.6 Å². The molecule has 1 amide bonds. The number of ether oxygens (including phenoxy) is 1. The molecule has 0 heterocycles. The number of alkyl halides is 1. The zero-order chi connectivity index (χ0) is 14.5. The third-order valence-corrected chi connectivity index (χ3v) is 4.78. The molecule has 1 aliphatic carbocycles. The van der Waals surface area contributed by atoms with Crippen molar-refractivity contribution in [2.45, 2.75) is 19.3 Å². The molecule has 0 saturated heterocycles. The number of methoxy groups -OCH3 is 1. The summed E-state index contributed by atoms with van der Waals surface area (Å²) in [4.78, 5) is 12.1. The molecule has 1 aliphatic rings. The Morgan fingerprint density at radius 2 is 2.20 bits per heavy atom. The SMILES string of the molecule is COc1cc(C(=O)NCC2CCCC2CBr)ccc1F. The van der Waals surface area contributed by atoms with Gasteiger partial charge in [0.1, 0.15) is 0 Å². The van der Waals surface area contributed by atoms with Gasteiger partial charge in [-0.3, -0.25) is 4.79 Å². The molecule has 0 spiro atoms. The van der Waals surface area contributed by atoms with E-state index in [0.29, 0.717) is 23.9 Å². The molecule has 2 rings (SSSR count). The highest BCUT2D eigenvalue weighted by molar-refractivity contribution is 9.09.